The second kappa shape index (κ2) is 7.84. The van der Waals surface area contributed by atoms with Crippen LogP contribution in [0.2, 0.25) is 0 Å². The lowest BCUT2D eigenvalue weighted by molar-refractivity contribution is 0.299. The molecule has 0 bridgehead atoms. The average Bonchev–Trinajstić information content (AvgIpc) is 2.54. The highest BCUT2D eigenvalue weighted by molar-refractivity contribution is 5.36. The van der Waals surface area contributed by atoms with E-state index in [0.717, 1.165) is 18.7 Å². The van der Waals surface area contributed by atoms with Crippen LogP contribution in [0.25, 0.3) is 0 Å². The first kappa shape index (κ1) is 15.6. The minimum atomic E-state index is 0.522. The highest BCUT2D eigenvalue weighted by Crippen LogP contribution is 2.29. The Morgan fingerprint density at radius 2 is 1.67 bits per heavy atom. The van der Waals surface area contributed by atoms with Crippen molar-refractivity contribution in [3.05, 3.63) is 65.2 Å². The molecule has 1 N–H and O–H groups in total. The van der Waals surface area contributed by atoms with Crippen molar-refractivity contribution < 1.29 is 4.74 Å². The first-order chi connectivity index (χ1) is 10.3. The smallest absolute Gasteiger partial charge is 0.123 e. The highest BCUT2D eigenvalue weighted by Gasteiger charge is 2.10. The lowest BCUT2D eigenvalue weighted by Gasteiger charge is -2.16. The molecule has 2 nitrogen and oxygen atoms in total. The Hall–Kier alpha value is -1.80. The summed E-state index contributed by atoms with van der Waals surface area (Å²) in [6.45, 7) is 5.94. The molecule has 2 aromatic rings. The second-order valence-electron chi connectivity index (χ2n) is 5.43. The fourth-order valence-electron chi connectivity index (χ4n) is 2.46. The summed E-state index contributed by atoms with van der Waals surface area (Å²) in [5.74, 6) is 1.53. The summed E-state index contributed by atoms with van der Waals surface area (Å²) in [6.07, 6.45) is 1.12. The van der Waals surface area contributed by atoms with Crippen LogP contribution in [0.3, 0.4) is 0 Å². The summed E-state index contributed by atoms with van der Waals surface area (Å²) in [5, 5.41) is 3.21. The van der Waals surface area contributed by atoms with Gasteiger partial charge in [-0.2, -0.15) is 0 Å². The number of para-hydroxylation sites is 1. The van der Waals surface area contributed by atoms with Crippen LogP contribution in [-0.2, 0) is 13.2 Å². The van der Waals surface area contributed by atoms with Crippen molar-refractivity contribution in [3.63, 3.8) is 0 Å². The molecule has 0 aliphatic rings. The van der Waals surface area contributed by atoms with Crippen LogP contribution in [0.1, 0.15) is 42.9 Å². The molecule has 0 amide bonds. The van der Waals surface area contributed by atoms with Crippen LogP contribution >= 0.6 is 0 Å². The van der Waals surface area contributed by atoms with E-state index in [1.807, 2.05) is 13.1 Å². The van der Waals surface area contributed by atoms with Gasteiger partial charge in [-0.15, -0.1) is 0 Å². The van der Waals surface area contributed by atoms with Gasteiger partial charge in [0.15, 0.2) is 0 Å². The summed E-state index contributed by atoms with van der Waals surface area (Å²) < 4.78 is 6.11. The fourth-order valence-corrected chi connectivity index (χ4v) is 2.46. The third kappa shape index (κ3) is 4.08. The molecule has 0 radical (unpaired) electrons. The van der Waals surface area contributed by atoms with Gasteiger partial charge in [0.25, 0.3) is 0 Å². The Bertz CT molecular complexity index is 565. The predicted octanol–water partition coefficient (Wildman–Crippen LogP) is 4.50. The SMILES string of the molecule is CCC(C)c1ccccc1OCc1ccccc1CNC. The Kier molecular flexibility index (Phi) is 5.82. The summed E-state index contributed by atoms with van der Waals surface area (Å²) in [4.78, 5) is 0. The van der Waals surface area contributed by atoms with E-state index in [-0.39, 0.29) is 0 Å². The Balaban J connectivity index is 2.13. The molecule has 1 atom stereocenters. The third-order valence-corrected chi connectivity index (χ3v) is 3.93. The summed E-state index contributed by atoms with van der Waals surface area (Å²) in [6, 6.07) is 16.8. The minimum absolute atomic E-state index is 0.522. The van der Waals surface area contributed by atoms with E-state index in [2.05, 4.69) is 61.6 Å². The molecule has 112 valence electrons. The van der Waals surface area contributed by atoms with Gasteiger partial charge in [0.05, 0.1) is 0 Å². The number of nitrogens with one attached hydrogen (secondary N) is 1. The predicted molar refractivity (Wildman–Crippen MR) is 88.7 cm³/mol. The highest BCUT2D eigenvalue weighted by atomic mass is 16.5. The first-order valence-electron chi connectivity index (χ1n) is 7.69. The van der Waals surface area contributed by atoms with Crippen LogP contribution in [0.5, 0.6) is 5.75 Å². The van der Waals surface area contributed by atoms with E-state index >= 15 is 0 Å². The zero-order chi connectivity index (χ0) is 15.1. The number of rotatable bonds is 7. The van der Waals surface area contributed by atoms with Crippen LogP contribution in [0, 0.1) is 0 Å². The van der Waals surface area contributed by atoms with Crippen molar-refractivity contribution in [3.8, 4) is 5.75 Å². The average molecular weight is 283 g/mol. The summed E-state index contributed by atoms with van der Waals surface area (Å²) >= 11 is 0. The molecule has 0 aliphatic carbocycles. The molecule has 0 heterocycles. The van der Waals surface area contributed by atoms with Crippen molar-refractivity contribution in [1.82, 2.24) is 5.32 Å². The van der Waals surface area contributed by atoms with E-state index in [9.17, 15) is 0 Å². The van der Waals surface area contributed by atoms with E-state index in [4.69, 9.17) is 4.74 Å². The molecular formula is C19H25NO. The van der Waals surface area contributed by atoms with Crippen LogP contribution < -0.4 is 10.1 Å². The second-order valence-corrected chi connectivity index (χ2v) is 5.43. The Morgan fingerprint density at radius 3 is 2.38 bits per heavy atom. The molecule has 1 unspecified atom stereocenters. The Labute approximate surface area is 128 Å². The van der Waals surface area contributed by atoms with E-state index < -0.39 is 0 Å². The number of benzene rings is 2. The van der Waals surface area contributed by atoms with Crippen molar-refractivity contribution in [2.75, 3.05) is 7.05 Å². The maximum absolute atomic E-state index is 6.11. The number of hydrogen-bond donors (Lipinski definition) is 1. The molecule has 2 heteroatoms. The van der Waals surface area contributed by atoms with Gasteiger partial charge in [0.2, 0.25) is 0 Å². The fraction of sp³-hybridized carbons (Fsp3) is 0.368. The summed E-state index contributed by atoms with van der Waals surface area (Å²) in [5.41, 5.74) is 3.83. The molecule has 0 saturated carbocycles. The van der Waals surface area contributed by atoms with Gasteiger partial charge in [-0.25, -0.2) is 0 Å². The van der Waals surface area contributed by atoms with Gasteiger partial charge >= 0.3 is 0 Å². The van der Waals surface area contributed by atoms with E-state index in [0.29, 0.717) is 12.5 Å². The largest absolute Gasteiger partial charge is 0.489 e. The van der Waals surface area contributed by atoms with Crippen LogP contribution in [0.4, 0.5) is 0 Å². The molecule has 0 aliphatic heterocycles. The van der Waals surface area contributed by atoms with Crippen molar-refractivity contribution in [2.24, 2.45) is 0 Å². The monoisotopic (exact) mass is 283 g/mol. The van der Waals surface area contributed by atoms with E-state index in [1.165, 1.54) is 16.7 Å². The molecular weight excluding hydrogens is 258 g/mol. The van der Waals surface area contributed by atoms with Crippen molar-refractivity contribution in [1.29, 1.82) is 0 Å². The molecule has 2 rings (SSSR count). The third-order valence-electron chi connectivity index (χ3n) is 3.93. The zero-order valence-electron chi connectivity index (χ0n) is 13.2. The van der Waals surface area contributed by atoms with Gasteiger partial charge in [-0.1, -0.05) is 56.3 Å². The molecule has 21 heavy (non-hydrogen) atoms. The lowest BCUT2D eigenvalue weighted by Crippen LogP contribution is -2.09. The molecule has 0 fully saturated rings. The topological polar surface area (TPSA) is 21.3 Å². The Morgan fingerprint density at radius 1 is 1.00 bits per heavy atom. The van der Waals surface area contributed by atoms with E-state index in [1.54, 1.807) is 0 Å². The zero-order valence-corrected chi connectivity index (χ0v) is 13.2. The first-order valence-corrected chi connectivity index (χ1v) is 7.69. The van der Waals surface area contributed by atoms with Crippen molar-refractivity contribution >= 4 is 0 Å². The normalized spacial score (nSPS) is 12.1. The number of hydrogen-bond acceptors (Lipinski definition) is 2. The van der Waals surface area contributed by atoms with Crippen molar-refractivity contribution in [2.45, 2.75) is 39.3 Å². The van der Waals surface area contributed by atoms with Gasteiger partial charge in [-0.05, 0) is 42.1 Å². The quantitative estimate of drug-likeness (QED) is 0.808. The van der Waals surface area contributed by atoms with Crippen LogP contribution in [0.15, 0.2) is 48.5 Å². The molecule has 0 saturated heterocycles. The van der Waals surface area contributed by atoms with Gasteiger partial charge in [-0.3, -0.25) is 0 Å². The van der Waals surface area contributed by atoms with Gasteiger partial charge in [0, 0.05) is 6.54 Å². The molecule has 2 aromatic carbocycles. The van der Waals surface area contributed by atoms with Gasteiger partial charge < -0.3 is 10.1 Å². The maximum atomic E-state index is 6.11. The molecule has 0 aromatic heterocycles. The maximum Gasteiger partial charge on any atom is 0.123 e. The summed E-state index contributed by atoms with van der Waals surface area (Å²) in [7, 11) is 1.97. The standard InChI is InChI=1S/C19H25NO/c1-4-15(2)18-11-7-8-12-19(18)21-14-17-10-6-5-9-16(17)13-20-3/h5-12,15,20H,4,13-14H2,1-3H3. The number of ether oxygens (including phenoxy) is 1. The minimum Gasteiger partial charge on any atom is -0.489 e. The molecule has 0 spiro atoms. The van der Waals surface area contributed by atoms with Gasteiger partial charge in [0.1, 0.15) is 12.4 Å². The lowest BCUT2D eigenvalue weighted by atomic mass is 9.98. The van der Waals surface area contributed by atoms with Crippen LogP contribution in [-0.4, -0.2) is 7.05 Å².